The lowest BCUT2D eigenvalue weighted by Gasteiger charge is -2.39. The minimum atomic E-state index is -0.365. The Labute approximate surface area is 124 Å². The lowest BCUT2D eigenvalue weighted by molar-refractivity contribution is -0.125. The van der Waals surface area contributed by atoms with E-state index in [1.165, 1.54) is 7.11 Å². The van der Waals surface area contributed by atoms with E-state index in [0.29, 0.717) is 12.0 Å². The van der Waals surface area contributed by atoms with E-state index in [2.05, 4.69) is 12.2 Å². The Kier molecular flexibility index (Phi) is 4.83. The van der Waals surface area contributed by atoms with E-state index in [1.807, 2.05) is 6.92 Å². The number of primary amides is 1. The second-order valence-corrected chi connectivity index (χ2v) is 5.95. The summed E-state index contributed by atoms with van der Waals surface area (Å²) in [6, 6.07) is 5.20. The Hall–Kier alpha value is -1.62. The molecule has 1 saturated heterocycles. The monoisotopic (exact) mass is 294 g/mol. The number of benzene rings is 1. The van der Waals surface area contributed by atoms with Crippen LogP contribution in [0.4, 0.5) is 4.39 Å². The molecule has 4 nitrogen and oxygen atoms in total. The van der Waals surface area contributed by atoms with Gasteiger partial charge in [-0.25, -0.2) is 4.39 Å². The van der Waals surface area contributed by atoms with Gasteiger partial charge in [-0.3, -0.25) is 4.79 Å². The van der Waals surface area contributed by atoms with Gasteiger partial charge >= 0.3 is 0 Å². The third kappa shape index (κ3) is 3.35. The molecule has 116 valence electrons. The van der Waals surface area contributed by atoms with E-state index in [9.17, 15) is 9.18 Å². The molecule has 21 heavy (non-hydrogen) atoms. The van der Waals surface area contributed by atoms with Crippen LogP contribution in [0.2, 0.25) is 0 Å². The third-order valence-corrected chi connectivity index (χ3v) is 4.30. The third-order valence-electron chi connectivity index (χ3n) is 4.30. The summed E-state index contributed by atoms with van der Waals surface area (Å²) < 4.78 is 19.3. The van der Waals surface area contributed by atoms with Gasteiger partial charge in [-0.05, 0) is 37.3 Å². The summed E-state index contributed by atoms with van der Waals surface area (Å²) in [6.45, 7) is 4.10. The maximum atomic E-state index is 14.3. The first-order chi connectivity index (χ1) is 9.93. The zero-order valence-electron chi connectivity index (χ0n) is 12.7. The van der Waals surface area contributed by atoms with Crippen molar-refractivity contribution in [2.75, 3.05) is 7.11 Å². The second kappa shape index (κ2) is 6.43. The minimum Gasteiger partial charge on any atom is -0.494 e. The molecule has 5 heteroatoms. The molecule has 1 aliphatic rings. The number of hydrogen-bond acceptors (Lipinski definition) is 3. The van der Waals surface area contributed by atoms with Gasteiger partial charge < -0.3 is 15.8 Å². The zero-order valence-corrected chi connectivity index (χ0v) is 12.7. The van der Waals surface area contributed by atoms with Crippen molar-refractivity contribution in [3.63, 3.8) is 0 Å². The minimum absolute atomic E-state index is 0.150. The molecule has 1 amide bonds. The number of amides is 1. The zero-order chi connectivity index (χ0) is 15.6. The Morgan fingerprint density at radius 2 is 2.19 bits per heavy atom. The standard InChI is InChI=1S/C16H23FN2O2/c1-9-7-10(2)19-12(14(9)16(18)20)8-11-5-4-6-13(21-3)15(11)17/h4-6,9-10,12,14,19H,7-8H2,1-3H3,(H2,18,20). The average Bonchev–Trinajstić information content (AvgIpc) is 2.39. The Morgan fingerprint density at radius 1 is 1.48 bits per heavy atom. The van der Waals surface area contributed by atoms with Crippen LogP contribution < -0.4 is 15.8 Å². The summed E-state index contributed by atoms with van der Waals surface area (Å²) in [5, 5.41) is 3.38. The van der Waals surface area contributed by atoms with Gasteiger partial charge in [0.1, 0.15) is 0 Å². The highest BCUT2D eigenvalue weighted by Crippen LogP contribution is 2.30. The maximum Gasteiger partial charge on any atom is 0.222 e. The summed E-state index contributed by atoms with van der Waals surface area (Å²) >= 11 is 0. The molecule has 0 bridgehead atoms. The van der Waals surface area contributed by atoms with E-state index >= 15 is 0 Å². The molecule has 4 unspecified atom stereocenters. The molecule has 1 aliphatic heterocycles. The number of ether oxygens (including phenoxy) is 1. The molecule has 4 atom stereocenters. The van der Waals surface area contributed by atoms with Gasteiger partial charge in [-0.2, -0.15) is 0 Å². The highest BCUT2D eigenvalue weighted by Gasteiger charge is 2.37. The molecule has 1 fully saturated rings. The second-order valence-electron chi connectivity index (χ2n) is 5.95. The van der Waals surface area contributed by atoms with E-state index in [1.54, 1.807) is 18.2 Å². The molecule has 0 spiro atoms. The normalized spacial score (nSPS) is 29.1. The van der Waals surface area contributed by atoms with Gasteiger partial charge in [0.2, 0.25) is 5.91 Å². The first-order valence-electron chi connectivity index (χ1n) is 7.30. The van der Waals surface area contributed by atoms with Gasteiger partial charge in [0.25, 0.3) is 0 Å². The quantitative estimate of drug-likeness (QED) is 0.891. The molecule has 1 heterocycles. The number of nitrogens with two attached hydrogens (primary N) is 1. The molecule has 0 radical (unpaired) electrons. The van der Waals surface area contributed by atoms with Crippen molar-refractivity contribution in [2.24, 2.45) is 17.6 Å². The number of halogens is 1. The van der Waals surface area contributed by atoms with Crippen LogP contribution >= 0.6 is 0 Å². The fraction of sp³-hybridized carbons (Fsp3) is 0.562. The van der Waals surface area contributed by atoms with Crippen molar-refractivity contribution in [3.05, 3.63) is 29.6 Å². The van der Waals surface area contributed by atoms with Crippen molar-refractivity contribution < 1.29 is 13.9 Å². The number of methoxy groups -OCH3 is 1. The van der Waals surface area contributed by atoms with Gasteiger partial charge in [-0.15, -0.1) is 0 Å². The highest BCUT2D eigenvalue weighted by molar-refractivity contribution is 5.78. The van der Waals surface area contributed by atoms with Gasteiger partial charge in [0.15, 0.2) is 11.6 Å². The number of piperidine rings is 1. The van der Waals surface area contributed by atoms with Crippen LogP contribution in [0.1, 0.15) is 25.8 Å². The molecule has 2 rings (SSSR count). The molecular weight excluding hydrogens is 271 g/mol. The van der Waals surface area contributed by atoms with E-state index in [-0.39, 0.29) is 41.4 Å². The van der Waals surface area contributed by atoms with Crippen molar-refractivity contribution in [1.82, 2.24) is 5.32 Å². The Bertz CT molecular complexity index is 521. The number of carbonyl (C=O) groups is 1. The van der Waals surface area contributed by atoms with Crippen LogP contribution in [0.5, 0.6) is 5.75 Å². The van der Waals surface area contributed by atoms with Crippen LogP contribution in [0.3, 0.4) is 0 Å². The molecule has 0 aliphatic carbocycles. The predicted molar refractivity (Wildman–Crippen MR) is 79.5 cm³/mol. The first-order valence-corrected chi connectivity index (χ1v) is 7.30. The van der Waals surface area contributed by atoms with Crippen LogP contribution in [0.15, 0.2) is 18.2 Å². The average molecular weight is 294 g/mol. The smallest absolute Gasteiger partial charge is 0.222 e. The van der Waals surface area contributed by atoms with Crippen LogP contribution in [-0.4, -0.2) is 25.1 Å². The molecule has 1 aromatic carbocycles. The highest BCUT2D eigenvalue weighted by atomic mass is 19.1. The van der Waals surface area contributed by atoms with Crippen molar-refractivity contribution in [3.8, 4) is 5.75 Å². The summed E-state index contributed by atoms with van der Waals surface area (Å²) in [6.07, 6.45) is 1.32. The van der Waals surface area contributed by atoms with Crippen LogP contribution in [-0.2, 0) is 11.2 Å². The van der Waals surface area contributed by atoms with E-state index in [4.69, 9.17) is 10.5 Å². The number of nitrogens with one attached hydrogen (secondary N) is 1. The number of rotatable bonds is 4. The maximum absolute atomic E-state index is 14.3. The van der Waals surface area contributed by atoms with Crippen LogP contribution in [0, 0.1) is 17.7 Å². The van der Waals surface area contributed by atoms with E-state index in [0.717, 1.165) is 6.42 Å². The molecule has 0 aromatic heterocycles. The first kappa shape index (κ1) is 15.8. The molecule has 1 aromatic rings. The molecular formula is C16H23FN2O2. The fourth-order valence-corrected chi connectivity index (χ4v) is 3.41. The van der Waals surface area contributed by atoms with Crippen LogP contribution in [0.25, 0.3) is 0 Å². The predicted octanol–water partition coefficient (Wildman–Crippen LogP) is 1.86. The summed E-state index contributed by atoms with van der Waals surface area (Å²) in [5.74, 6) is -0.560. The Morgan fingerprint density at radius 3 is 2.81 bits per heavy atom. The van der Waals surface area contributed by atoms with Crippen molar-refractivity contribution >= 4 is 5.91 Å². The summed E-state index contributed by atoms with van der Waals surface area (Å²) in [5.41, 5.74) is 6.08. The molecule has 3 N–H and O–H groups in total. The SMILES string of the molecule is COc1cccc(CC2NC(C)CC(C)C2C(N)=O)c1F. The summed E-state index contributed by atoms with van der Waals surface area (Å²) in [7, 11) is 1.44. The topological polar surface area (TPSA) is 64.3 Å². The number of hydrogen-bond donors (Lipinski definition) is 2. The van der Waals surface area contributed by atoms with Crippen molar-refractivity contribution in [2.45, 2.75) is 38.8 Å². The van der Waals surface area contributed by atoms with Crippen molar-refractivity contribution in [1.29, 1.82) is 0 Å². The van der Waals surface area contributed by atoms with E-state index < -0.39 is 0 Å². The summed E-state index contributed by atoms with van der Waals surface area (Å²) in [4.78, 5) is 11.7. The largest absolute Gasteiger partial charge is 0.494 e. The fourth-order valence-electron chi connectivity index (χ4n) is 3.41. The van der Waals surface area contributed by atoms with Gasteiger partial charge in [0, 0.05) is 12.1 Å². The van der Waals surface area contributed by atoms with Gasteiger partial charge in [-0.1, -0.05) is 19.1 Å². The molecule has 0 saturated carbocycles. The Balaban J connectivity index is 2.25. The van der Waals surface area contributed by atoms with Gasteiger partial charge in [0.05, 0.1) is 13.0 Å². The lowest BCUT2D eigenvalue weighted by Crippen LogP contribution is -2.55. The lowest BCUT2D eigenvalue weighted by atomic mass is 9.77. The number of carbonyl (C=O) groups excluding carboxylic acids is 1.